The lowest BCUT2D eigenvalue weighted by atomic mass is 9.40. The van der Waals surface area contributed by atoms with E-state index in [0.717, 1.165) is 31.3 Å². The molecule has 0 radical (unpaired) electrons. The van der Waals surface area contributed by atoms with Crippen LogP contribution in [0.1, 0.15) is 52.9 Å². The van der Waals surface area contributed by atoms with Gasteiger partial charge in [0.05, 0.1) is 19.8 Å². The first-order chi connectivity index (χ1) is 11.3. The Bertz CT molecular complexity index is 593. The van der Waals surface area contributed by atoms with E-state index >= 15 is 0 Å². The lowest BCUT2D eigenvalue weighted by Gasteiger charge is -2.66. The topological polar surface area (TPSA) is 65.0 Å². The number of allylic oxidation sites excluding steroid dienone is 1. The lowest BCUT2D eigenvalue weighted by Crippen LogP contribution is -2.69. The minimum Gasteiger partial charge on any atom is -0.464 e. The number of fused-ring (bicyclic) bond motifs is 4. The molecule has 4 atom stereocenters. The first-order valence-electron chi connectivity index (χ1n) is 9.21. The summed E-state index contributed by atoms with van der Waals surface area (Å²) in [6, 6.07) is 0. The Balaban J connectivity index is 1.71. The molecule has 0 aromatic carbocycles. The molecule has 1 N–H and O–H groups in total. The van der Waals surface area contributed by atoms with Crippen molar-refractivity contribution in [2.24, 2.45) is 16.7 Å². The lowest BCUT2D eigenvalue weighted by molar-refractivity contribution is -0.290. The molecule has 1 heterocycles. The van der Waals surface area contributed by atoms with Crippen molar-refractivity contribution in [3.8, 4) is 0 Å². The summed E-state index contributed by atoms with van der Waals surface area (Å²) in [5.41, 5.74) is -0.882. The van der Waals surface area contributed by atoms with Gasteiger partial charge in [0.15, 0.2) is 11.4 Å². The second-order valence-corrected chi connectivity index (χ2v) is 8.31. The normalized spacial score (nSPS) is 45.8. The van der Waals surface area contributed by atoms with Gasteiger partial charge < -0.3 is 19.3 Å². The fourth-order valence-corrected chi connectivity index (χ4v) is 6.20. The van der Waals surface area contributed by atoms with Crippen LogP contribution in [0, 0.1) is 16.7 Å². The molecule has 2 unspecified atom stereocenters. The van der Waals surface area contributed by atoms with Crippen molar-refractivity contribution in [1.29, 1.82) is 0 Å². The summed E-state index contributed by atoms with van der Waals surface area (Å²) in [5, 5.41) is 10.9. The summed E-state index contributed by atoms with van der Waals surface area (Å²) in [7, 11) is 0. The second-order valence-electron chi connectivity index (χ2n) is 8.31. The molecule has 1 saturated heterocycles. The van der Waals surface area contributed by atoms with Crippen LogP contribution in [-0.4, -0.2) is 42.3 Å². The van der Waals surface area contributed by atoms with Crippen LogP contribution >= 0.6 is 0 Å². The summed E-state index contributed by atoms with van der Waals surface area (Å²) >= 11 is 0. The van der Waals surface area contributed by atoms with Crippen LogP contribution in [0.25, 0.3) is 0 Å². The first kappa shape index (κ1) is 16.6. The second kappa shape index (κ2) is 5.05. The molecule has 134 valence electrons. The Morgan fingerprint density at radius 1 is 1.38 bits per heavy atom. The quantitative estimate of drug-likeness (QED) is 0.620. The minimum absolute atomic E-state index is 0.115. The van der Waals surface area contributed by atoms with E-state index in [1.165, 1.54) is 0 Å². The zero-order chi connectivity index (χ0) is 17.2. The molecule has 0 bridgehead atoms. The third-order valence-electron chi connectivity index (χ3n) is 7.19. The summed E-state index contributed by atoms with van der Waals surface area (Å²) in [5.74, 6) is -0.666. The predicted molar refractivity (Wildman–Crippen MR) is 87.1 cm³/mol. The van der Waals surface area contributed by atoms with Crippen molar-refractivity contribution in [3.05, 3.63) is 11.6 Å². The van der Waals surface area contributed by atoms with Crippen molar-refractivity contribution in [2.45, 2.75) is 64.3 Å². The van der Waals surface area contributed by atoms with Crippen LogP contribution in [0.2, 0.25) is 0 Å². The Hall–Kier alpha value is -0.910. The number of esters is 1. The number of hydrogen-bond donors (Lipinski definition) is 1. The first-order valence-corrected chi connectivity index (χ1v) is 9.21. The fraction of sp³-hybridized carbons (Fsp3) is 0.842. The number of carbonyl (C=O) groups is 1. The van der Waals surface area contributed by atoms with Crippen LogP contribution in [0.4, 0.5) is 0 Å². The van der Waals surface area contributed by atoms with E-state index in [2.05, 4.69) is 19.9 Å². The van der Waals surface area contributed by atoms with E-state index in [9.17, 15) is 9.90 Å². The van der Waals surface area contributed by atoms with Gasteiger partial charge in [-0.15, -0.1) is 0 Å². The third kappa shape index (κ3) is 1.78. The Kier molecular flexibility index (Phi) is 3.49. The standard InChI is InChI=1S/C19H28O5/c1-4-22-15(20)18(21)12-16(2)13-6-5-8-19(23-10-11-24-19)17(13,3)9-7-14(16)18/h7,13,21H,4-6,8-12H2,1-3H3/t13-,16?,17-,18?/m0/s1. The number of aliphatic hydroxyl groups is 1. The minimum atomic E-state index is -1.44. The molecular weight excluding hydrogens is 308 g/mol. The molecule has 4 aliphatic rings. The molecule has 1 aliphatic heterocycles. The van der Waals surface area contributed by atoms with Crippen molar-refractivity contribution in [1.82, 2.24) is 0 Å². The third-order valence-corrected chi connectivity index (χ3v) is 7.19. The Morgan fingerprint density at radius 3 is 2.75 bits per heavy atom. The number of ether oxygens (including phenoxy) is 3. The van der Waals surface area contributed by atoms with Gasteiger partial charge >= 0.3 is 5.97 Å². The van der Waals surface area contributed by atoms with Gasteiger partial charge in [-0.1, -0.05) is 19.9 Å². The highest BCUT2D eigenvalue weighted by molar-refractivity contribution is 5.86. The zero-order valence-electron chi connectivity index (χ0n) is 14.9. The molecule has 4 rings (SSSR count). The predicted octanol–water partition coefficient (Wildman–Crippen LogP) is 2.57. The van der Waals surface area contributed by atoms with Gasteiger partial charge in [-0.05, 0) is 43.1 Å². The number of carbonyl (C=O) groups excluding carboxylic acids is 1. The summed E-state index contributed by atoms with van der Waals surface area (Å²) in [6.45, 7) is 7.82. The summed E-state index contributed by atoms with van der Waals surface area (Å²) in [4.78, 5) is 12.3. The molecular formula is C19H28O5. The van der Waals surface area contributed by atoms with E-state index in [1.54, 1.807) is 6.92 Å². The van der Waals surface area contributed by atoms with Crippen LogP contribution in [0.5, 0.6) is 0 Å². The van der Waals surface area contributed by atoms with Gasteiger partial charge in [0.2, 0.25) is 0 Å². The molecule has 1 spiro atoms. The monoisotopic (exact) mass is 336 g/mol. The molecule has 5 nitrogen and oxygen atoms in total. The highest BCUT2D eigenvalue weighted by atomic mass is 16.7. The molecule has 3 fully saturated rings. The van der Waals surface area contributed by atoms with E-state index in [1.807, 2.05) is 0 Å². The van der Waals surface area contributed by atoms with E-state index in [0.29, 0.717) is 25.6 Å². The number of hydrogen-bond acceptors (Lipinski definition) is 5. The van der Waals surface area contributed by atoms with Gasteiger partial charge in [-0.3, -0.25) is 0 Å². The maximum Gasteiger partial charge on any atom is 0.342 e. The highest BCUT2D eigenvalue weighted by Crippen LogP contribution is 2.70. The summed E-state index contributed by atoms with van der Waals surface area (Å²) < 4.78 is 17.4. The average molecular weight is 336 g/mol. The Morgan fingerprint density at radius 2 is 2.08 bits per heavy atom. The molecule has 5 heteroatoms. The van der Waals surface area contributed by atoms with Crippen molar-refractivity contribution < 1.29 is 24.1 Å². The van der Waals surface area contributed by atoms with Crippen molar-refractivity contribution in [2.75, 3.05) is 19.8 Å². The number of rotatable bonds is 2. The van der Waals surface area contributed by atoms with Gasteiger partial charge in [-0.2, -0.15) is 0 Å². The van der Waals surface area contributed by atoms with E-state index in [-0.39, 0.29) is 17.4 Å². The largest absolute Gasteiger partial charge is 0.464 e. The van der Waals surface area contributed by atoms with Crippen LogP contribution < -0.4 is 0 Å². The van der Waals surface area contributed by atoms with Gasteiger partial charge in [0.1, 0.15) is 0 Å². The van der Waals surface area contributed by atoms with Gasteiger partial charge in [-0.25, -0.2) is 4.79 Å². The SMILES string of the molecule is CCOC(=O)C1(O)CC2(C)C1=CC[C@@]1(C)[C@H]2CCCC12OCCO2. The molecule has 24 heavy (non-hydrogen) atoms. The smallest absolute Gasteiger partial charge is 0.342 e. The van der Waals surface area contributed by atoms with Crippen LogP contribution in [-0.2, 0) is 19.0 Å². The zero-order valence-corrected chi connectivity index (χ0v) is 14.9. The van der Waals surface area contributed by atoms with Gasteiger partial charge in [0.25, 0.3) is 0 Å². The molecule has 0 aromatic rings. The molecule has 3 aliphatic carbocycles. The molecule has 0 aromatic heterocycles. The van der Waals surface area contributed by atoms with Crippen LogP contribution in [0.3, 0.4) is 0 Å². The molecule has 0 amide bonds. The molecule has 2 saturated carbocycles. The van der Waals surface area contributed by atoms with Crippen LogP contribution in [0.15, 0.2) is 11.6 Å². The van der Waals surface area contributed by atoms with E-state index < -0.39 is 17.4 Å². The van der Waals surface area contributed by atoms with E-state index in [4.69, 9.17) is 14.2 Å². The van der Waals surface area contributed by atoms with Crippen molar-refractivity contribution in [3.63, 3.8) is 0 Å². The average Bonchev–Trinajstić information content (AvgIpc) is 2.99. The van der Waals surface area contributed by atoms with Gasteiger partial charge in [0, 0.05) is 18.3 Å². The maximum absolute atomic E-state index is 12.3. The highest BCUT2D eigenvalue weighted by Gasteiger charge is 2.72. The summed E-state index contributed by atoms with van der Waals surface area (Å²) in [6.07, 6.45) is 6.33. The van der Waals surface area contributed by atoms with Crippen molar-refractivity contribution >= 4 is 5.97 Å². The fourth-order valence-electron chi connectivity index (χ4n) is 6.20. The Labute approximate surface area is 143 Å². The maximum atomic E-state index is 12.3.